The Hall–Kier alpha value is -1.91. The summed E-state index contributed by atoms with van der Waals surface area (Å²) in [6, 6.07) is 5.57. The van der Waals surface area contributed by atoms with Crippen LogP contribution in [0.1, 0.15) is 32.8 Å². The predicted molar refractivity (Wildman–Crippen MR) is 94.3 cm³/mol. The molecule has 2 rings (SSSR count). The molecular formula is C18H29N3O2. The molecule has 23 heavy (non-hydrogen) atoms. The number of phenols is 1. The van der Waals surface area contributed by atoms with E-state index >= 15 is 0 Å². The van der Waals surface area contributed by atoms with E-state index in [4.69, 9.17) is 9.73 Å². The Bertz CT molecular complexity index is 555. The molecule has 0 spiro atoms. The van der Waals surface area contributed by atoms with Crippen molar-refractivity contribution in [3.8, 4) is 11.5 Å². The SMILES string of the molecule is CCNC(=NCCc1cccc(OC)c1O)N1CCC(C)(C)C1. The van der Waals surface area contributed by atoms with Gasteiger partial charge in [-0.05, 0) is 36.8 Å². The number of rotatable bonds is 5. The highest BCUT2D eigenvalue weighted by Gasteiger charge is 2.30. The van der Waals surface area contributed by atoms with Crippen LogP contribution in [0.25, 0.3) is 0 Å². The van der Waals surface area contributed by atoms with E-state index in [1.165, 1.54) is 6.42 Å². The largest absolute Gasteiger partial charge is 0.504 e. The molecule has 0 radical (unpaired) electrons. The summed E-state index contributed by atoms with van der Waals surface area (Å²) in [4.78, 5) is 7.06. The van der Waals surface area contributed by atoms with Gasteiger partial charge in [-0.2, -0.15) is 0 Å². The third-order valence-electron chi connectivity index (χ3n) is 4.26. The summed E-state index contributed by atoms with van der Waals surface area (Å²) >= 11 is 0. The molecule has 128 valence electrons. The number of aromatic hydroxyl groups is 1. The minimum absolute atomic E-state index is 0.220. The van der Waals surface area contributed by atoms with Gasteiger partial charge in [-0.3, -0.25) is 4.99 Å². The quantitative estimate of drug-likeness (QED) is 0.647. The number of ether oxygens (including phenoxy) is 1. The van der Waals surface area contributed by atoms with Crippen LogP contribution in [-0.2, 0) is 6.42 Å². The lowest BCUT2D eigenvalue weighted by Gasteiger charge is -2.23. The van der Waals surface area contributed by atoms with Crippen molar-refractivity contribution in [1.82, 2.24) is 10.2 Å². The van der Waals surface area contributed by atoms with Crippen LogP contribution in [0.3, 0.4) is 0 Å². The fourth-order valence-corrected chi connectivity index (χ4v) is 2.94. The minimum Gasteiger partial charge on any atom is -0.504 e. The number of benzene rings is 1. The molecule has 1 aromatic carbocycles. The van der Waals surface area contributed by atoms with Crippen molar-refractivity contribution in [2.75, 3.05) is 33.3 Å². The van der Waals surface area contributed by atoms with Crippen molar-refractivity contribution < 1.29 is 9.84 Å². The summed E-state index contributed by atoms with van der Waals surface area (Å²) < 4.78 is 5.15. The number of nitrogens with zero attached hydrogens (tertiary/aromatic N) is 2. The molecule has 1 fully saturated rings. The Morgan fingerprint density at radius 1 is 1.43 bits per heavy atom. The van der Waals surface area contributed by atoms with Crippen LogP contribution >= 0.6 is 0 Å². The Balaban J connectivity index is 2.01. The van der Waals surface area contributed by atoms with E-state index in [0.717, 1.165) is 31.2 Å². The molecule has 0 atom stereocenters. The number of aliphatic imine (C=N–C) groups is 1. The number of para-hydroxylation sites is 1. The summed E-state index contributed by atoms with van der Waals surface area (Å²) in [6.07, 6.45) is 1.88. The summed E-state index contributed by atoms with van der Waals surface area (Å²) in [5, 5.41) is 13.5. The molecular weight excluding hydrogens is 290 g/mol. The first-order valence-corrected chi connectivity index (χ1v) is 8.35. The van der Waals surface area contributed by atoms with Gasteiger partial charge in [0.1, 0.15) is 0 Å². The molecule has 1 aliphatic rings. The third-order valence-corrected chi connectivity index (χ3v) is 4.26. The van der Waals surface area contributed by atoms with Crippen LogP contribution in [0, 0.1) is 5.41 Å². The van der Waals surface area contributed by atoms with Crippen molar-refractivity contribution in [3.63, 3.8) is 0 Å². The minimum atomic E-state index is 0.220. The zero-order chi connectivity index (χ0) is 16.9. The summed E-state index contributed by atoms with van der Waals surface area (Å²) in [7, 11) is 1.56. The number of likely N-dealkylation sites (tertiary alicyclic amines) is 1. The van der Waals surface area contributed by atoms with E-state index in [0.29, 0.717) is 24.1 Å². The van der Waals surface area contributed by atoms with Gasteiger partial charge in [0.25, 0.3) is 0 Å². The summed E-state index contributed by atoms with van der Waals surface area (Å²) in [5.74, 6) is 1.71. The van der Waals surface area contributed by atoms with Crippen LogP contribution < -0.4 is 10.1 Å². The van der Waals surface area contributed by atoms with Gasteiger partial charge in [-0.1, -0.05) is 26.0 Å². The maximum Gasteiger partial charge on any atom is 0.193 e. The van der Waals surface area contributed by atoms with Gasteiger partial charge in [-0.15, -0.1) is 0 Å². The molecule has 0 aromatic heterocycles. The van der Waals surface area contributed by atoms with Gasteiger partial charge in [-0.25, -0.2) is 0 Å². The van der Waals surface area contributed by atoms with E-state index < -0.39 is 0 Å². The molecule has 1 saturated heterocycles. The highest BCUT2D eigenvalue weighted by Crippen LogP contribution is 2.30. The van der Waals surface area contributed by atoms with Gasteiger partial charge in [0, 0.05) is 26.2 Å². The Morgan fingerprint density at radius 3 is 2.83 bits per heavy atom. The molecule has 0 amide bonds. The number of guanidine groups is 1. The Morgan fingerprint density at radius 2 is 2.22 bits per heavy atom. The smallest absolute Gasteiger partial charge is 0.193 e. The molecule has 1 aromatic rings. The first kappa shape index (κ1) is 17.4. The first-order chi connectivity index (χ1) is 11.0. The lowest BCUT2D eigenvalue weighted by Crippen LogP contribution is -2.40. The van der Waals surface area contributed by atoms with Crippen molar-refractivity contribution in [2.45, 2.75) is 33.6 Å². The van der Waals surface area contributed by atoms with E-state index in [-0.39, 0.29) is 5.75 Å². The van der Waals surface area contributed by atoms with Gasteiger partial charge < -0.3 is 20.1 Å². The first-order valence-electron chi connectivity index (χ1n) is 8.35. The second-order valence-electron chi connectivity index (χ2n) is 6.79. The molecule has 2 N–H and O–H groups in total. The molecule has 1 aliphatic heterocycles. The normalized spacial score (nSPS) is 17.4. The fraction of sp³-hybridized carbons (Fsp3) is 0.611. The van der Waals surface area contributed by atoms with E-state index in [2.05, 4.69) is 31.0 Å². The van der Waals surface area contributed by atoms with Crippen molar-refractivity contribution in [1.29, 1.82) is 0 Å². The van der Waals surface area contributed by atoms with Crippen molar-refractivity contribution in [2.24, 2.45) is 10.4 Å². The number of phenolic OH excluding ortho intramolecular Hbond substituents is 1. The number of nitrogens with one attached hydrogen (secondary N) is 1. The highest BCUT2D eigenvalue weighted by molar-refractivity contribution is 5.80. The van der Waals surface area contributed by atoms with Crippen molar-refractivity contribution in [3.05, 3.63) is 23.8 Å². The van der Waals surface area contributed by atoms with Crippen LogP contribution in [0.4, 0.5) is 0 Å². The number of hydrogen-bond acceptors (Lipinski definition) is 3. The van der Waals surface area contributed by atoms with E-state index in [1.807, 2.05) is 12.1 Å². The Kier molecular flexibility index (Phi) is 5.74. The van der Waals surface area contributed by atoms with Crippen molar-refractivity contribution >= 4 is 5.96 Å². The average molecular weight is 319 g/mol. The summed E-state index contributed by atoms with van der Waals surface area (Å²) in [5.41, 5.74) is 1.21. The van der Waals surface area contributed by atoms with Gasteiger partial charge in [0.15, 0.2) is 17.5 Å². The lowest BCUT2D eigenvalue weighted by atomic mass is 9.93. The molecule has 5 heteroatoms. The molecule has 0 unspecified atom stereocenters. The van der Waals surface area contributed by atoms with Crippen LogP contribution in [0.2, 0.25) is 0 Å². The third kappa shape index (κ3) is 4.53. The molecule has 0 saturated carbocycles. The van der Waals surface area contributed by atoms with Crippen LogP contribution in [0.15, 0.2) is 23.2 Å². The second kappa shape index (κ2) is 7.57. The molecule has 5 nitrogen and oxygen atoms in total. The maximum atomic E-state index is 10.1. The fourth-order valence-electron chi connectivity index (χ4n) is 2.94. The summed E-state index contributed by atoms with van der Waals surface area (Å²) in [6.45, 7) is 10.3. The average Bonchev–Trinajstić information content (AvgIpc) is 2.88. The zero-order valence-electron chi connectivity index (χ0n) is 14.7. The molecule has 0 aliphatic carbocycles. The molecule has 0 bridgehead atoms. The lowest BCUT2D eigenvalue weighted by molar-refractivity contribution is 0.369. The van der Waals surface area contributed by atoms with Crippen LogP contribution in [-0.4, -0.2) is 49.3 Å². The highest BCUT2D eigenvalue weighted by atomic mass is 16.5. The standard InChI is InChI=1S/C18H29N3O2/c1-5-19-17(21-12-10-18(2,3)13-21)20-11-9-14-7-6-8-15(23-4)16(14)22/h6-8,22H,5,9-13H2,1-4H3,(H,19,20). The van der Waals surface area contributed by atoms with Gasteiger partial charge in [0.2, 0.25) is 0 Å². The topological polar surface area (TPSA) is 57.1 Å². The maximum absolute atomic E-state index is 10.1. The van der Waals surface area contributed by atoms with E-state index in [9.17, 15) is 5.11 Å². The predicted octanol–water partition coefficient (Wildman–Crippen LogP) is 2.64. The number of methoxy groups -OCH3 is 1. The van der Waals surface area contributed by atoms with Crippen LogP contribution in [0.5, 0.6) is 11.5 Å². The van der Waals surface area contributed by atoms with E-state index in [1.54, 1.807) is 13.2 Å². The second-order valence-corrected chi connectivity index (χ2v) is 6.79. The monoisotopic (exact) mass is 319 g/mol. The van der Waals surface area contributed by atoms with Gasteiger partial charge in [0.05, 0.1) is 7.11 Å². The number of hydrogen-bond donors (Lipinski definition) is 2. The molecule has 1 heterocycles. The Labute approximate surface area is 139 Å². The van der Waals surface area contributed by atoms with Gasteiger partial charge >= 0.3 is 0 Å². The zero-order valence-corrected chi connectivity index (χ0v) is 14.7.